The first-order chi connectivity index (χ1) is 10.7. The van der Waals surface area contributed by atoms with Crippen LogP contribution in [0.3, 0.4) is 0 Å². The molecule has 1 aromatic rings. The molecule has 1 aromatic carbocycles. The molecule has 2 rings (SSSR count). The molecule has 1 aliphatic rings. The lowest BCUT2D eigenvalue weighted by molar-refractivity contribution is -0.121. The van der Waals surface area contributed by atoms with E-state index in [2.05, 4.69) is 10.5 Å². The summed E-state index contributed by atoms with van der Waals surface area (Å²) in [4.78, 5) is 11.8. The Kier molecular flexibility index (Phi) is 5.65. The van der Waals surface area contributed by atoms with Crippen LogP contribution in [0.5, 0.6) is 0 Å². The summed E-state index contributed by atoms with van der Waals surface area (Å²) in [5.41, 5.74) is 2.79. The lowest BCUT2D eigenvalue weighted by Gasteiger charge is -2.09. The third-order valence-electron chi connectivity index (χ3n) is 3.55. The highest BCUT2D eigenvalue weighted by atomic mass is 35.5. The molecule has 0 aliphatic carbocycles. The summed E-state index contributed by atoms with van der Waals surface area (Å²) >= 11 is 11.8. The third-order valence-corrected chi connectivity index (χ3v) is 6.08. The first-order valence-corrected chi connectivity index (χ1v) is 9.45. The average molecular weight is 381 g/mol. The Bertz CT molecular complexity index is 766. The number of sulfone groups is 1. The number of amides is 1. The lowest BCUT2D eigenvalue weighted by Crippen LogP contribution is -2.23. The fourth-order valence-electron chi connectivity index (χ4n) is 2.40. The number of carbonyl (C=O) groups is 1. The van der Waals surface area contributed by atoms with Gasteiger partial charge in [-0.2, -0.15) is 5.10 Å². The van der Waals surface area contributed by atoms with Gasteiger partial charge in [0.1, 0.15) is 5.82 Å². The van der Waals surface area contributed by atoms with Crippen molar-refractivity contribution in [1.82, 2.24) is 5.43 Å². The molecule has 0 aromatic heterocycles. The number of nitrogens with zero attached hydrogens (tertiary/aromatic N) is 1. The monoisotopic (exact) mass is 380 g/mol. The van der Waals surface area contributed by atoms with Gasteiger partial charge in [-0.3, -0.25) is 4.79 Å². The smallest absolute Gasteiger partial charge is 0.240 e. The average Bonchev–Trinajstić information content (AvgIpc) is 2.80. The van der Waals surface area contributed by atoms with Crippen molar-refractivity contribution in [2.24, 2.45) is 11.0 Å². The molecule has 0 saturated carbocycles. The summed E-state index contributed by atoms with van der Waals surface area (Å²) in [6.07, 6.45) is 0.542. The molecule has 1 aliphatic heterocycles. The normalized spacial score (nSPS) is 20.5. The molecule has 0 radical (unpaired) electrons. The molecule has 1 saturated heterocycles. The van der Waals surface area contributed by atoms with Gasteiger partial charge in [0.25, 0.3) is 0 Å². The zero-order valence-corrected chi connectivity index (χ0v) is 14.6. The Labute approximate surface area is 143 Å². The van der Waals surface area contributed by atoms with Crippen molar-refractivity contribution < 1.29 is 17.6 Å². The summed E-state index contributed by atoms with van der Waals surface area (Å²) < 4.78 is 36.2. The Balaban J connectivity index is 2.03. The van der Waals surface area contributed by atoms with E-state index >= 15 is 0 Å². The largest absolute Gasteiger partial charge is 0.273 e. The maximum absolute atomic E-state index is 13.5. The second-order valence-corrected chi connectivity index (χ2v) is 8.44. The van der Waals surface area contributed by atoms with E-state index in [-0.39, 0.29) is 45.2 Å². The van der Waals surface area contributed by atoms with Crippen LogP contribution in [0.1, 0.15) is 25.3 Å². The fourth-order valence-corrected chi connectivity index (χ4v) is 4.91. The predicted molar refractivity (Wildman–Crippen MR) is 88.2 cm³/mol. The van der Waals surface area contributed by atoms with Gasteiger partial charge in [0, 0.05) is 12.0 Å². The van der Waals surface area contributed by atoms with Crippen LogP contribution in [-0.2, 0) is 14.6 Å². The van der Waals surface area contributed by atoms with Crippen molar-refractivity contribution in [2.45, 2.75) is 19.8 Å². The fraction of sp³-hybridized carbons (Fsp3) is 0.429. The second-order valence-electron chi connectivity index (χ2n) is 5.42. The van der Waals surface area contributed by atoms with Crippen molar-refractivity contribution in [3.05, 3.63) is 33.6 Å². The van der Waals surface area contributed by atoms with Crippen molar-refractivity contribution in [2.75, 3.05) is 11.5 Å². The van der Waals surface area contributed by atoms with Gasteiger partial charge in [-0.1, -0.05) is 23.2 Å². The van der Waals surface area contributed by atoms with Gasteiger partial charge < -0.3 is 0 Å². The van der Waals surface area contributed by atoms with Gasteiger partial charge in [-0.05, 0) is 31.4 Å². The van der Waals surface area contributed by atoms with Crippen molar-refractivity contribution in [3.8, 4) is 0 Å². The number of hydrogen-bond donors (Lipinski definition) is 1. The number of carbonyl (C=O) groups excluding carboxylic acids is 1. The third kappa shape index (κ3) is 4.65. The zero-order valence-electron chi connectivity index (χ0n) is 12.3. The van der Waals surface area contributed by atoms with Gasteiger partial charge >= 0.3 is 0 Å². The van der Waals surface area contributed by atoms with Gasteiger partial charge in [-0.25, -0.2) is 18.2 Å². The van der Waals surface area contributed by atoms with E-state index in [0.29, 0.717) is 6.42 Å². The standard InChI is InChI=1S/C14H15Cl2FN2O3S/c1-8(13-10(15)2-3-11(17)14(13)16)18-19-12(20)6-9-4-5-23(21,22)7-9/h2-3,9H,4-7H2,1H3,(H,19,20)/b18-8-/t9-/m0/s1. The van der Waals surface area contributed by atoms with E-state index in [1.165, 1.54) is 13.0 Å². The Hall–Kier alpha value is -1.18. The topological polar surface area (TPSA) is 75.6 Å². The number of hydrogen-bond acceptors (Lipinski definition) is 4. The highest BCUT2D eigenvalue weighted by Crippen LogP contribution is 2.27. The Morgan fingerprint density at radius 3 is 2.74 bits per heavy atom. The number of rotatable bonds is 4. The first kappa shape index (κ1) is 18.2. The molecule has 9 heteroatoms. The molecular formula is C14H15Cl2FN2O3S. The quantitative estimate of drug-likeness (QED) is 0.495. The van der Waals surface area contributed by atoms with Crippen LogP contribution in [0, 0.1) is 11.7 Å². The van der Waals surface area contributed by atoms with E-state index in [1.807, 2.05) is 0 Å². The van der Waals surface area contributed by atoms with E-state index in [4.69, 9.17) is 23.2 Å². The minimum Gasteiger partial charge on any atom is -0.273 e. The second kappa shape index (κ2) is 7.15. The summed E-state index contributed by atoms with van der Waals surface area (Å²) in [5.74, 6) is -1.11. The Morgan fingerprint density at radius 1 is 1.43 bits per heavy atom. The van der Waals surface area contributed by atoms with Crippen molar-refractivity contribution in [3.63, 3.8) is 0 Å². The van der Waals surface area contributed by atoms with Crippen LogP contribution < -0.4 is 5.43 Å². The molecule has 5 nitrogen and oxygen atoms in total. The minimum absolute atomic E-state index is 0.0185. The van der Waals surface area contributed by atoms with E-state index in [9.17, 15) is 17.6 Å². The van der Waals surface area contributed by atoms with Gasteiger partial charge in [0.2, 0.25) is 5.91 Å². The number of nitrogens with one attached hydrogen (secondary N) is 1. The summed E-state index contributed by atoms with van der Waals surface area (Å²) in [6, 6.07) is 2.49. The molecule has 1 fully saturated rings. The summed E-state index contributed by atoms with van der Waals surface area (Å²) in [6.45, 7) is 1.53. The van der Waals surface area contributed by atoms with E-state index in [0.717, 1.165) is 6.07 Å². The van der Waals surface area contributed by atoms with Crippen LogP contribution in [-0.4, -0.2) is 31.5 Å². The number of benzene rings is 1. The maximum atomic E-state index is 13.5. The Morgan fingerprint density at radius 2 is 2.13 bits per heavy atom. The molecule has 1 N–H and O–H groups in total. The SMILES string of the molecule is C/C(=N/NC(=O)C[C@@H]1CCS(=O)(=O)C1)c1c(Cl)ccc(F)c1Cl. The van der Waals surface area contributed by atoms with Gasteiger partial charge in [0.15, 0.2) is 9.84 Å². The van der Waals surface area contributed by atoms with Crippen molar-refractivity contribution >= 4 is 44.7 Å². The van der Waals surface area contributed by atoms with Crippen LogP contribution in [0.15, 0.2) is 17.2 Å². The summed E-state index contributed by atoms with van der Waals surface area (Å²) in [5, 5.41) is 3.91. The molecule has 1 atom stereocenters. The molecule has 126 valence electrons. The van der Waals surface area contributed by atoms with Crippen molar-refractivity contribution in [1.29, 1.82) is 0 Å². The molecule has 1 amide bonds. The van der Waals surface area contributed by atoms with Crippen LogP contribution in [0.25, 0.3) is 0 Å². The van der Waals surface area contributed by atoms with E-state index in [1.54, 1.807) is 0 Å². The van der Waals surface area contributed by atoms with Crippen LogP contribution in [0.4, 0.5) is 4.39 Å². The molecular weight excluding hydrogens is 366 g/mol. The van der Waals surface area contributed by atoms with Crippen LogP contribution in [0.2, 0.25) is 10.0 Å². The molecule has 1 heterocycles. The maximum Gasteiger partial charge on any atom is 0.240 e. The first-order valence-electron chi connectivity index (χ1n) is 6.87. The number of hydrazone groups is 1. The minimum atomic E-state index is -3.02. The lowest BCUT2D eigenvalue weighted by atomic mass is 10.1. The van der Waals surface area contributed by atoms with Crippen LogP contribution >= 0.6 is 23.2 Å². The molecule has 0 spiro atoms. The highest BCUT2D eigenvalue weighted by Gasteiger charge is 2.29. The molecule has 0 unspecified atom stereocenters. The predicted octanol–water partition coefficient (Wildman–Crippen LogP) is 2.80. The zero-order chi connectivity index (χ0) is 17.2. The molecule has 0 bridgehead atoms. The van der Waals surface area contributed by atoms with Gasteiger partial charge in [0.05, 0.1) is 27.3 Å². The van der Waals surface area contributed by atoms with E-state index < -0.39 is 21.6 Å². The number of halogens is 3. The summed E-state index contributed by atoms with van der Waals surface area (Å²) in [7, 11) is -3.02. The van der Waals surface area contributed by atoms with Gasteiger partial charge in [-0.15, -0.1) is 0 Å². The molecule has 23 heavy (non-hydrogen) atoms. The highest BCUT2D eigenvalue weighted by molar-refractivity contribution is 7.91.